The highest BCUT2D eigenvalue weighted by Gasteiger charge is 2.42. The van der Waals surface area contributed by atoms with Crippen LogP contribution in [-0.2, 0) is 0 Å². The normalized spacial score (nSPS) is 29.6. The summed E-state index contributed by atoms with van der Waals surface area (Å²) < 4.78 is 0. The van der Waals surface area contributed by atoms with Crippen molar-refractivity contribution in [1.29, 1.82) is 0 Å². The van der Waals surface area contributed by atoms with Gasteiger partial charge in [0.1, 0.15) is 0 Å². The van der Waals surface area contributed by atoms with Crippen LogP contribution in [-0.4, -0.2) is 79.6 Å². The molecular weight excluding hydrogens is 240 g/mol. The first-order chi connectivity index (χ1) is 8.84. The molecule has 2 unspecified atom stereocenters. The van der Waals surface area contributed by atoms with Crippen LogP contribution in [0.3, 0.4) is 0 Å². The number of rotatable bonds is 4. The van der Waals surface area contributed by atoms with Gasteiger partial charge in [-0.2, -0.15) is 0 Å². The summed E-state index contributed by atoms with van der Waals surface area (Å²) in [6, 6.07) is 0.563. The van der Waals surface area contributed by atoms with Gasteiger partial charge in [0.15, 0.2) is 0 Å². The lowest BCUT2D eigenvalue weighted by atomic mass is 9.98. The molecule has 2 heterocycles. The summed E-state index contributed by atoms with van der Waals surface area (Å²) in [5, 5.41) is 3.27. The van der Waals surface area contributed by atoms with Crippen molar-refractivity contribution >= 4 is 6.03 Å². The van der Waals surface area contributed by atoms with Gasteiger partial charge in [0.2, 0.25) is 0 Å². The molecule has 0 aliphatic carbocycles. The van der Waals surface area contributed by atoms with Crippen LogP contribution in [0.15, 0.2) is 0 Å². The minimum absolute atomic E-state index is 0.0299. The van der Waals surface area contributed by atoms with E-state index >= 15 is 0 Å². The fourth-order valence-corrected chi connectivity index (χ4v) is 3.23. The van der Waals surface area contributed by atoms with Gasteiger partial charge in [-0.3, -0.25) is 0 Å². The topological polar surface area (TPSA) is 38.8 Å². The minimum atomic E-state index is -0.0299. The van der Waals surface area contributed by atoms with Crippen LogP contribution in [0.4, 0.5) is 4.79 Å². The molecule has 2 atom stereocenters. The van der Waals surface area contributed by atoms with Gasteiger partial charge in [-0.1, -0.05) is 0 Å². The number of likely N-dealkylation sites (N-methyl/N-ethyl adjacent to an activating group) is 2. The molecule has 2 aliphatic rings. The number of hydrogen-bond acceptors (Lipinski definition) is 3. The van der Waals surface area contributed by atoms with Crippen molar-refractivity contribution in [2.75, 3.05) is 47.3 Å². The monoisotopic (exact) mass is 268 g/mol. The van der Waals surface area contributed by atoms with E-state index in [0.29, 0.717) is 12.0 Å². The van der Waals surface area contributed by atoms with Gasteiger partial charge in [-0.15, -0.1) is 0 Å². The molecule has 0 bridgehead atoms. The Balaban J connectivity index is 2.00. The van der Waals surface area contributed by atoms with Crippen molar-refractivity contribution in [2.24, 2.45) is 5.92 Å². The summed E-state index contributed by atoms with van der Waals surface area (Å²) in [7, 11) is 6.07. The maximum absolute atomic E-state index is 12.4. The predicted octanol–water partition coefficient (Wildman–Crippen LogP) is 0.672. The van der Waals surface area contributed by atoms with Crippen LogP contribution in [0.5, 0.6) is 0 Å². The number of nitrogens with zero attached hydrogens (tertiary/aromatic N) is 3. The number of nitrogens with one attached hydrogen (secondary N) is 1. The van der Waals surface area contributed by atoms with Crippen LogP contribution in [0.1, 0.15) is 20.3 Å². The standard InChI is InChI=1S/C14H28N4O/c1-14(2,15-3)10-18-9-12(17(5)13(18)19)11-6-7-16(4)8-11/h11-12,15H,6-10H2,1-5H3. The first-order valence-electron chi connectivity index (χ1n) is 7.23. The van der Waals surface area contributed by atoms with Crippen LogP contribution < -0.4 is 5.32 Å². The lowest BCUT2D eigenvalue weighted by Crippen LogP contribution is -2.48. The fraction of sp³-hybridized carbons (Fsp3) is 0.929. The molecule has 5 heteroatoms. The molecule has 19 heavy (non-hydrogen) atoms. The first kappa shape index (κ1) is 14.6. The zero-order valence-electron chi connectivity index (χ0n) is 12.9. The van der Waals surface area contributed by atoms with E-state index in [-0.39, 0.29) is 11.6 Å². The van der Waals surface area contributed by atoms with Crippen molar-refractivity contribution in [1.82, 2.24) is 20.0 Å². The lowest BCUT2D eigenvalue weighted by molar-refractivity contribution is 0.182. The molecule has 0 radical (unpaired) electrons. The molecule has 110 valence electrons. The second kappa shape index (κ2) is 5.29. The molecule has 2 aliphatic heterocycles. The molecule has 2 rings (SSSR count). The van der Waals surface area contributed by atoms with E-state index in [0.717, 1.165) is 26.2 Å². The Hall–Kier alpha value is -0.810. The summed E-state index contributed by atoms with van der Waals surface area (Å²) in [5.41, 5.74) is -0.0299. The minimum Gasteiger partial charge on any atom is -0.323 e. The van der Waals surface area contributed by atoms with Crippen molar-refractivity contribution in [2.45, 2.75) is 31.8 Å². The number of likely N-dealkylation sites (tertiary alicyclic amines) is 1. The van der Waals surface area contributed by atoms with E-state index in [9.17, 15) is 4.79 Å². The van der Waals surface area contributed by atoms with Gasteiger partial charge < -0.3 is 20.0 Å². The smallest absolute Gasteiger partial charge is 0.320 e. The van der Waals surface area contributed by atoms with Crippen LogP contribution in [0, 0.1) is 5.92 Å². The number of carbonyl (C=O) groups is 1. The molecule has 1 N–H and O–H groups in total. The van der Waals surface area contributed by atoms with Gasteiger partial charge in [-0.25, -0.2) is 4.79 Å². The third-order valence-electron chi connectivity index (χ3n) is 4.71. The molecule has 0 saturated carbocycles. The number of hydrogen-bond donors (Lipinski definition) is 1. The van der Waals surface area contributed by atoms with Gasteiger partial charge in [0.25, 0.3) is 0 Å². The first-order valence-corrected chi connectivity index (χ1v) is 7.23. The molecule has 0 aromatic rings. The molecule has 0 aromatic heterocycles. The van der Waals surface area contributed by atoms with E-state index in [1.54, 1.807) is 0 Å². The van der Waals surface area contributed by atoms with Crippen molar-refractivity contribution in [3.05, 3.63) is 0 Å². The van der Waals surface area contributed by atoms with Crippen molar-refractivity contribution in [3.8, 4) is 0 Å². The average molecular weight is 268 g/mol. The zero-order chi connectivity index (χ0) is 14.2. The maximum atomic E-state index is 12.4. The fourth-order valence-electron chi connectivity index (χ4n) is 3.23. The van der Waals surface area contributed by atoms with Crippen molar-refractivity contribution in [3.63, 3.8) is 0 Å². The summed E-state index contributed by atoms with van der Waals surface area (Å²) in [4.78, 5) is 18.7. The highest BCUT2D eigenvalue weighted by Crippen LogP contribution is 2.28. The quantitative estimate of drug-likeness (QED) is 0.814. The second-order valence-corrected chi connectivity index (χ2v) is 6.79. The largest absolute Gasteiger partial charge is 0.323 e. The van der Waals surface area contributed by atoms with E-state index < -0.39 is 0 Å². The summed E-state index contributed by atoms with van der Waals surface area (Å²) in [6.45, 7) is 8.19. The molecule has 2 amide bonds. The number of carbonyl (C=O) groups excluding carboxylic acids is 1. The van der Waals surface area contributed by atoms with E-state index in [4.69, 9.17) is 0 Å². The lowest BCUT2D eigenvalue weighted by Gasteiger charge is -2.29. The van der Waals surface area contributed by atoms with E-state index in [2.05, 4.69) is 31.1 Å². The molecule has 0 spiro atoms. The highest BCUT2D eigenvalue weighted by molar-refractivity contribution is 5.77. The Morgan fingerprint density at radius 1 is 1.32 bits per heavy atom. The third-order valence-corrected chi connectivity index (χ3v) is 4.71. The number of amides is 2. The molecular formula is C14H28N4O. The zero-order valence-corrected chi connectivity index (χ0v) is 12.9. The summed E-state index contributed by atoms with van der Waals surface area (Å²) in [5.74, 6) is 0.627. The molecule has 2 fully saturated rings. The van der Waals surface area contributed by atoms with Gasteiger partial charge >= 0.3 is 6.03 Å². The molecule has 5 nitrogen and oxygen atoms in total. The van der Waals surface area contributed by atoms with Crippen molar-refractivity contribution < 1.29 is 4.79 Å². The van der Waals surface area contributed by atoms with E-state index in [1.807, 2.05) is 23.9 Å². The number of urea groups is 1. The Morgan fingerprint density at radius 3 is 2.53 bits per heavy atom. The van der Waals surface area contributed by atoms with Gasteiger partial charge in [0, 0.05) is 32.2 Å². The third kappa shape index (κ3) is 3.03. The van der Waals surface area contributed by atoms with E-state index in [1.165, 1.54) is 6.42 Å². The molecule has 0 aromatic carbocycles. The van der Waals surface area contributed by atoms with Crippen LogP contribution in [0.2, 0.25) is 0 Å². The average Bonchev–Trinajstić information content (AvgIpc) is 2.88. The SMILES string of the molecule is CNC(C)(C)CN1CC(C2CCN(C)C2)N(C)C1=O. The Kier molecular flexibility index (Phi) is 4.06. The molecule has 2 saturated heterocycles. The van der Waals surface area contributed by atoms with Crippen LogP contribution in [0.25, 0.3) is 0 Å². The maximum Gasteiger partial charge on any atom is 0.320 e. The van der Waals surface area contributed by atoms with Gasteiger partial charge in [-0.05, 0) is 46.8 Å². The summed E-state index contributed by atoms with van der Waals surface area (Å²) >= 11 is 0. The highest BCUT2D eigenvalue weighted by atomic mass is 16.2. The Bertz CT molecular complexity index is 344. The second-order valence-electron chi connectivity index (χ2n) is 6.79. The van der Waals surface area contributed by atoms with Crippen LogP contribution >= 0.6 is 0 Å². The Labute approximate surface area is 116 Å². The Morgan fingerprint density at radius 2 is 2.00 bits per heavy atom. The predicted molar refractivity (Wildman–Crippen MR) is 77.3 cm³/mol. The van der Waals surface area contributed by atoms with Gasteiger partial charge in [0.05, 0.1) is 6.04 Å². The summed E-state index contributed by atoms with van der Waals surface area (Å²) in [6.07, 6.45) is 1.21.